The van der Waals surface area contributed by atoms with Crippen molar-refractivity contribution in [3.8, 4) is 23.0 Å². The van der Waals surface area contributed by atoms with Crippen LogP contribution >= 0.6 is 0 Å². The highest BCUT2D eigenvalue weighted by Gasteiger charge is 2.31. The number of rotatable bonds is 15. The van der Waals surface area contributed by atoms with Crippen molar-refractivity contribution in [2.45, 2.75) is 39.7 Å². The molecule has 1 atom stereocenters. The summed E-state index contributed by atoms with van der Waals surface area (Å²) in [5.74, 6) is -3.59. The largest absolute Gasteiger partial charge is 0.493 e. The number of amides is 1. The lowest BCUT2D eigenvalue weighted by molar-refractivity contribution is -0.148. The van der Waals surface area contributed by atoms with Gasteiger partial charge in [-0.25, -0.2) is 13.8 Å². The summed E-state index contributed by atoms with van der Waals surface area (Å²) in [6.07, 6.45) is 0.376. The number of nitrogens with zero attached hydrogens (tertiary/aromatic N) is 1. The van der Waals surface area contributed by atoms with Crippen LogP contribution in [-0.2, 0) is 19.1 Å². The Hall–Kier alpha value is -4.94. The molecule has 3 aromatic rings. The van der Waals surface area contributed by atoms with E-state index in [0.29, 0.717) is 11.1 Å². The number of hydrogen-bond acceptors (Lipinski definition) is 10. The number of aromatic nitrogens is 1. The smallest absolute Gasteiger partial charge is 0.325 e. The highest BCUT2D eigenvalue weighted by atomic mass is 19.1. The van der Waals surface area contributed by atoms with Gasteiger partial charge in [0.15, 0.2) is 17.2 Å². The minimum atomic E-state index is -0.925. The Labute approximate surface area is 253 Å². The molecule has 0 bridgehead atoms. The summed E-state index contributed by atoms with van der Waals surface area (Å²) in [5.41, 5.74) is 0.719. The standard InChI is InChI=1S/C31H34F2N2O9/c1-6-40-25-14-20(32)8-10-22(25)28(23-11-9-21(33)15-26(23)41-7-2)18(3)44-27(37)16-35-31(38)29-30(43-17-42-19(4)36)24(39-5)12-13-34-29/h8-15,18,28H,6-7,16-17H2,1-5H3,(H,35,38). The zero-order valence-electron chi connectivity index (χ0n) is 25.0. The number of carbonyl (C=O) groups is 3. The second-order valence-corrected chi connectivity index (χ2v) is 9.17. The first kappa shape index (κ1) is 33.6. The van der Waals surface area contributed by atoms with Crippen molar-refractivity contribution >= 4 is 17.8 Å². The summed E-state index contributed by atoms with van der Waals surface area (Å²) in [5, 5.41) is 2.42. The van der Waals surface area contributed by atoms with E-state index in [1.165, 1.54) is 62.7 Å². The Morgan fingerprint density at radius 3 is 2.00 bits per heavy atom. The lowest BCUT2D eigenvalue weighted by Crippen LogP contribution is -2.34. The number of ether oxygens (including phenoxy) is 6. The maximum atomic E-state index is 14.2. The Kier molecular flexibility index (Phi) is 12.2. The molecule has 0 fully saturated rings. The van der Waals surface area contributed by atoms with Gasteiger partial charge < -0.3 is 33.7 Å². The van der Waals surface area contributed by atoms with E-state index in [4.69, 9.17) is 28.4 Å². The quantitative estimate of drug-likeness (QED) is 0.192. The zero-order chi connectivity index (χ0) is 32.2. The molecular weight excluding hydrogens is 582 g/mol. The first-order valence-electron chi connectivity index (χ1n) is 13.7. The summed E-state index contributed by atoms with van der Waals surface area (Å²) >= 11 is 0. The van der Waals surface area contributed by atoms with Gasteiger partial charge in [-0.15, -0.1) is 0 Å². The molecular formula is C31H34F2N2O9. The first-order valence-corrected chi connectivity index (χ1v) is 13.7. The predicted octanol–water partition coefficient (Wildman–Crippen LogP) is 4.56. The fourth-order valence-electron chi connectivity index (χ4n) is 4.38. The van der Waals surface area contributed by atoms with Crippen LogP contribution in [0.3, 0.4) is 0 Å². The van der Waals surface area contributed by atoms with Gasteiger partial charge in [-0.3, -0.25) is 14.4 Å². The second-order valence-electron chi connectivity index (χ2n) is 9.17. The number of halogens is 2. The normalized spacial score (nSPS) is 11.4. The van der Waals surface area contributed by atoms with Crippen LogP contribution in [0.4, 0.5) is 8.78 Å². The third-order valence-corrected chi connectivity index (χ3v) is 6.17. The van der Waals surface area contributed by atoms with Gasteiger partial charge >= 0.3 is 11.9 Å². The monoisotopic (exact) mass is 616 g/mol. The molecule has 0 aliphatic carbocycles. The Bertz CT molecular complexity index is 1410. The molecule has 3 rings (SSSR count). The van der Waals surface area contributed by atoms with Gasteiger partial charge in [-0.05, 0) is 32.9 Å². The molecule has 1 aromatic heterocycles. The minimum absolute atomic E-state index is 0.102. The number of benzene rings is 2. The molecule has 2 aromatic carbocycles. The summed E-state index contributed by atoms with van der Waals surface area (Å²) in [6, 6.07) is 9.36. The molecule has 0 saturated carbocycles. The molecule has 13 heteroatoms. The van der Waals surface area contributed by atoms with Crippen molar-refractivity contribution in [3.05, 3.63) is 77.1 Å². The summed E-state index contributed by atoms with van der Waals surface area (Å²) in [4.78, 5) is 41.1. The van der Waals surface area contributed by atoms with E-state index in [9.17, 15) is 23.2 Å². The maximum absolute atomic E-state index is 14.2. The van der Waals surface area contributed by atoms with E-state index in [1.54, 1.807) is 20.8 Å². The van der Waals surface area contributed by atoms with Crippen LogP contribution in [-0.4, -0.2) is 62.6 Å². The van der Waals surface area contributed by atoms with Crippen LogP contribution in [0.5, 0.6) is 23.0 Å². The predicted molar refractivity (Wildman–Crippen MR) is 153 cm³/mol. The highest BCUT2D eigenvalue weighted by molar-refractivity contribution is 5.97. The van der Waals surface area contributed by atoms with E-state index in [0.717, 1.165) is 0 Å². The van der Waals surface area contributed by atoms with Crippen molar-refractivity contribution in [3.63, 3.8) is 0 Å². The molecule has 1 unspecified atom stereocenters. The van der Waals surface area contributed by atoms with Crippen LogP contribution in [0.15, 0.2) is 48.7 Å². The minimum Gasteiger partial charge on any atom is -0.493 e. The number of methoxy groups -OCH3 is 1. The molecule has 1 N–H and O–H groups in total. The van der Waals surface area contributed by atoms with Gasteiger partial charge in [0.25, 0.3) is 5.91 Å². The fourth-order valence-corrected chi connectivity index (χ4v) is 4.38. The molecule has 0 saturated heterocycles. The number of hydrogen-bond donors (Lipinski definition) is 1. The molecule has 0 aliphatic heterocycles. The van der Waals surface area contributed by atoms with E-state index in [-0.39, 0.29) is 41.9 Å². The number of carbonyl (C=O) groups excluding carboxylic acids is 3. The van der Waals surface area contributed by atoms with Crippen LogP contribution < -0.4 is 24.3 Å². The Balaban J connectivity index is 1.85. The SMILES string of the molecule is CCOc1cc(F)ccc1C(c1ccc(F)cc1OCC)C(C)OC(=O)CNC(=O)c1nccc(OC)c1OCOC(C)=O. The Morgan fingerprint density at radius 2 is 1.48 bits per heavy atom. The topological polar surface area (TPSA) is 132 Å². The fraction of sp³-hybridized carbons (Fsp3) is 0.355. The summed E-state index contributed by atoms with van der Waals surface area (Å²) < 4.78 is 60.8. The van der Waals surface area contributed by atoms with Gasteiger partial charge in [-0.2, -0.15) is 0 Å². The lowest BCUT2D eigenvalue weighted by atomic mass is 9.85. The Morgan fingerprint density at radius 1 is 0.886 bits per heavy atom. The van der Waals surface area contributed by atoms with Gasteiger partial charge in [0, 0.05) is 42.4 Å². The maximum Gasteiger partial charge on any atom is 0.325 e. The van der Waals surface area contributed by atoms with Gasteiger partial charge in [0.1, 0.15) is 35.8 Å². The third-order valence-electron chi connectivity index (χ3n) is 6.17. The lowest BCUT2D eigenvalue weighted by Gasteiger charge is -2.28. The molecule has 236 valence electrons. The molecule has 0 aliphatic rings. The van der Waals surface area contributed by atoms with Crippen molar-refractivity contribution in [1.29, 1.82) is 0 Å². The third kappa shape index (κ3) is 8.79. The highest BCUT2D eigenvalue weighted by Crippen LogP contribution is 2.40. The van der Waals surface area contributed by atoms with Gasteiger partial charge in [-0.1, -0.05) is 12.1 Å². The van der Waals surface area contributed by atoms with E-state index in [2.05, 4.69) is 10.3 Å². The number of nitrogens with one attached hydrogen (secondary N) is 1. The van der Waals surface area contributed by atoms with Gasteiger partial charge in [0.05, 0.1) is 26.2 Å². The van der Waals surface area contributed by atoms with Crippen LogP contribution in [0.2, 0.25) is 0 Å². The average Bonchev–Trinajstić information content (AvgIpc) is 2.98. The van der Waals surface area contributed by atoms with Crippen molar-refractivity contribution in [2.24, 2.45) is 0 Å². The van der Waals surface area contributed by atoms with Crippen molar-refractivity contribution in [1.82, 2.24) is 10.3 Å². The second kappa shape index (κ2) is 16.1. The molecule has 44 heavy (non-hydrogen) atoms. The molecule has 1 amide bonds. The van der Waals surface area contributed by atoms with Crippen LogP contribution in [0.1, 0.15) is 55.2 Å². The molecule has 11 nitrogen and oxygen atoms in total. The van der Waals surface area contributed by atoms with E-state index < -0.39 is 54.8 Å². The molecule has 1 heterocycles. The number of pyridine rings is 1. The van der Waals surface area contributed by atoms with Crippen molar-refractivity contribution in [2.75, 3.05) is 33.7 Å². The van der Waals surface area contributed by atoms with Gasteiger partial charge in [0.2, 0.25) is 6.79 Å². The van der Waals surface area contributed by atoms with Crippen LogP contribution in [0, 0.1) is 11.6 Å². The number of esters is 2. The van der Waals surface area contributed by atoms with Crippen molar-refractivity contribution < 1.29 is 51.6 Å². The zero-order valence-corrected chi connectivity index (χ0v) is 25.0. The van der Waals surface area contributed by atoms with E-state index in [1.807, 2.05) is 0 Å². The average molecular weight is 617 g/mol. The molecule has 0 spiro atoms. The summed E-state index contributed by atoms with van der Waals surface area (Å²) in [6.45, 7) is 5.67. The summed E-state index contributed by atoms with van der Waals surface area (Å²) in [7, 11) is 1.35. The molecule has 0 radical (unpaired) electrons. The first-order chi connectivity index (χ1) is 21.1. The van der Waals surface area contributed by atoms with E-state index >= 15 is 0 Å². The van der Waals surface area contributed by atoms with Crippen LogP contribution in [0.25, 0.3) is 0 Å².